The van der Waals surface area contributed by atoms with Gasteiger partial charge in [-0.1, -0.05) is 36.4 Å². The van der Waals surface area contributed by atoms with E-state index in [4.69, 9.17) is 5.73 Å². The molecule has 23 heavy (non-hydrogen) atoms. The average molecular weight is 320 g/mol. The van der Waals surface area contributed by atoms with Crippen LogP contribution in [0.3, 0.4) is 0 Å². The molecule has 1 fully saturated rings. The minimum absolute atomic E-state index is 0.0219. The molecule has 0 aromatic heterocycles. The van der Waals surface area contributed by atoms with Crippen molar-refractivity contribution in [2.45, 2.75) is 19.0 Å². The summed E-state index contributed by atoms with van der Waals surface area (Å²) in [7, 11) is 0. The summed E-state index contributed by atoms with van der Waals surface area (Å²) in [6, 6.07) is 15.3. The summed E-state index contributed by atoms with van der Waals surface area (Å²) in [6.07, 6.45) is -3.43. The third-order valence-electron chi connectivity index (χ3n) is 4.36. The Kier molecular flexibility index (Phi) is 4.20. The van der Waals surface area contributed by atoms with Crippen LogP contribution in [0.4, 0.5) is 24.5 Å². The van der Waals surface area contributed by atoms with E-state index >= 15 is 0 Å². The number of rotatable bonds is 2. The molecule has 1 atom stereocenters. The summed E-state index contributed by atoms with van der Waals surface area (Å²) < 4.78 is 39.1. The fraction of sp³-hybridized carbons (Fsp3) is 0.333. The van der Waals surface area contributed by atoms with Gasteiger partial charge in [-0.15, -0.1) is 0 Å². The van der Waals surface area contributed by atoms with E-state index in [2.05, 4.69) is 0 Å². The summed E-state index contributed by atoms with van der Waals surface area (Å²) in [6.45, 7) is 0.584. The lowest BCUT2D eigenvalue weighted by molar-refractivity contribution is -0.175. The second-order valence-electron chi connectivity index (χ2n) is 5.97. The molecule has 5 heteroatoms. The number of hydrogen-bond acceptors (Lipinski definition) is 2. The van der Waals surface area contributed by atoms with E-state index in [0.29, 0.717) is 24.3 Å². The van der Waals surface area contributed by atoms with E-state index in [9.17, 15) is 13.2 Å². The third kappa shape index (κ3) is 3.44. The Bertz CT molecular complexity index is 668. The molecule has 0 radical (unpaired) electrons. The van der Waals surface area contributed by atoms with Gasteiger partial charge in [0.15, 0.2) is 0 Å². The van der Waals surface area contributed by atoms with Crippen LogP contribution in [0.5, 0.6) is 0 Å². The number of piperidine rings is 1. The van der Waals surface area contributed by atoms with E-state index in [-0.39, 0.29) is 13.0 Å². The predicted octanol–water partition coefficient (Wildman–Crippen LogP) is 4.71. The van der Waals surface area contributed by atoms with Crippen molar-refractivity contribution in [2.75, 3.05) is 23.7 Å². The van der Waals surface area contributed by atoms with Gasteiger partial charge < -0.3 is 10.6 Å². The highest BCUT2D eigenvalue weighted by molar-refractivity contribution is 5.77. The first kappa shape index (κ1) is 15.7. The highest BCUT2D eigenvalue weighted by atomic mass is 19.4. The van der Waals surface area contributed by atoms with Crippen molar-refractivity contribution in [3.8, 4) is 11.1 Å². The standard InChI is InChI=1S/C18H19F3N2/c19-18(20,21)15-7-4-10-23(12-15)17-11-14(8-9-16(17)22)13-5-2-1-3-6-13/h1-3,5-6,8-9,11,15H,4,7,10,12,22H2. The molecule has 0 amide bonds. The molecule has 1 unspecified atom stereocenters. The van der Waals surface area contributed by atoms with Crippen LogP contribution >= 0.6 is 0 Å². The molecular weight excluding hydrogens is 301 g/mol. The number of nitrogens with zero attached hydrogens (tertiary/aromatic N) is 1. The van der Waals surface area contributed by atoms with Crippen LogP contribution in [0.2, 0.25) is 0 Å². The SMILES string of the molecule is Nc1ccc(-c2ccccc2)cc1N1CCCC(C(F)(F)F)C1. The highest BCUT2D eigenvalue weighted by Crippen LogP contribution is 2.37. The molecule has 0 spiro atoms. The normalized spacial score (nSPS) is 18.9. The van der Waals surface area contributed by atoms with Crippen molar-refractivity contribution >= 4 is 11.4 Å². The van der Waals surface area contributed by atoms with Crippen molar-refractivity contribution in [1.82, 2.24) is 0 Å². The van der Waals surface area contributed by atoms with E-state index < -0.39 is 12.1 Å². The number of nitrogen functional groups attached to an aromatic ring is 1. The molecule has 0 aliphatic carbocycles. The summed E-state index contributed by atoms with van der Waals surface area (Å²) >= 11 is 0. The van der Waals surface area contributed by atoms with E-state index in [1.54, 1.807) is 11.0 Å². The molecule has 2 N–H and O–H groups in total. The Morgan fingerprint density at radius 3 is 2.43 bits per heavy atom. The largest absolute Gasteiger partial charge is 0.397 e. The summed E-state index contributed by atoms with van der Waals surface area (Å²) in [5, 5.41) is 0. The Hall–Kier alpha value is -2.17. The van der Waals surface area contributed by atoms with Gasteiger partial charge in [0.1, 0.15) is 0 Å². The number of alkyl halides is 3. The first-order valence-electron chi connectivity index (χ1n) is 7.72. The van der Waals surface area contributed by atoms with E-state index in [1.165, 1.54) is 0 Å². The second kappa shape index (κ2) is 6.14. The minimum Gasteiger partial charge on any atom is -0.397 e. The smallest absolute Gasteiger partial charge is 0.393 e. The Morgan fingerprint density at radius 1 is 1.00 bits per heavy atom. The first-order chi connectivity index (χ1) is 10.9. The zero-order valence-electron chi connectivity index (χ0n) is 12.7. The van der Waals surface area contributed by atoms with Gasteiger partial charge in [-0.05, 0) is 36.1 Å². The van der Waals surface area contributed by atoms with Gasteiger partial charge in [-0.25, -0.2) is 0 Å². The highest BCUT2D eigenvalue weighted by Gasteiger charge is 2.42. The van der Waals surface area contributed by atoms with Crippen LogP contribution in [0, 0.1) is 5.92 Å². The number of nitrogens with two attached hydrogens (primary N) is 1. The third-order valence-corrected chi connectivity index (χ3v) is 4.36. The lowest BCUT2D eigenvalue weighted by Gasteiger charge is -2.36. The van der Waals surface area contributed by atoms with Crippen molar-refractivity contribution in [1.29, 1.82) is 0 Å². The van der Waals surface area contributed by atoms with Gasteiger partial charge in [0.25, 0.3) is 0 Å². The van der Waals surface area contributed by atoms with Gasteiger partial charge in [-0.2, -0.15) is 13.2 Å². The number of anilines is 2. The molecule has 0 saturated carbocycles. The van der Waals surface area contributed by atoms with E-state index in [0.717, 1.165) is 11.1 Å². The summed E-state index contributed by atoms with van der Waals surface area (Å²) in [5.74, 6) is -1.28. The quantitative estimate of drug-likeness (QED) is 0.812. The second-order valence-corrected chi connectivity index (χ2v) is 5.97. The fourth-order valence-electron chi connectivity index (χ4n) is 3.09. The maximum absolute atomic E-state index is 13.0. The van der Waals surface area contributed by atoms with Crippen LogP contribution in [-0.2, 0) is 0 Å². The van der Waals surface area contributed by atoms with Crippen molar-refractivity contribution in [2.24, 2.45) is 5.92 Å². The molecular formula is C18H19F3N2. The van der Waals surface area contributed by atoms with Crippen molar-refractivity contribution in [3.63, 3.8) is 0 Å². The molecule has 0 bridgehead atoms. The van der Waals surface area contributed by atoms with Gasteiger partial charge >= 0.3 is 6.18 Å². The lowest BCUT2D eigenvalue weighted by Crippen LogP contribution is -2.42. The van der Waals surface area contributed by atoms with Crippen LogP contribution in [-0.4, -0.2) is 19.3 Å². The molecule has 2 nitrogen and oxygen atoms in total. The van der Waals surface area contributed by atoms with Crippen LogP contribution in [0.1, 0.15) is 12.8 Å². The van der Waals surface area contributed by atoms with Crippen LogP contribution < -0.4 is 10.6 Å². The first-order valence-corrected chi connectivity index (χ1v) is 7.72. The fourth-order valence-corrected chi connectivity index (χ4v) is 3.09. The number of hydrogen-bond donors (Lipinski definition) is 1. The Balaban J connectivity index is 1.90. The predicted molar refractivity (Wildman–Crippen MR) is 87.3 cm³/mol. The van der Waals surface area contributed by atoms with Crippen LogP contribution in [0.25, 0.3) is 11.1 Å². The summed E-state index contributed by atoms with van der Waals surface area (Å²) in [5.41, 5.74) is 9.23. The lowest BCUT2D eigenvalue weighted by atomic mass is 9.96. The zero-order chi connectivity index (χ0) is 16.4. The Morgan fingerprint density at radius 2 is 1.74 bits per heavy atom. The maximum atomic E-state index is 13.0. The summed E-state index contributed by atoms with van der Waals surface area (Å²) in [4.78, 5) is 1.77. The topological polar surface area (TPSA) is 29.3 Å². The molecule has 1 saturated heterocycles. The maximum Gasteiger partial charge on any atom is 0.393 e. The van der Waals surface area contributed by atoms with Crippen molar-refractivity contribution in [3.05, 3.63) is 48.5 Å². The number of halogens is 3. The molecule has 3 rings (SSSR count). The molecule has 2 aromatic carbocycles. The van der Waals surface area contributed by atoms with Crippen LogP contribution in [0.15, 0.2) is 48.5 Å². The molecule has 1 aliphatic rings. The average Bonchev–Trinajstić information content (AvgIpc) is 2.55. The monoisotopic (exact) mass is 320 g/mol. The van der Waals surface area contributed by atoms with Gasteiger partial charge in [0, 0.05) is 13.1 Å². The van der Waals surface area contributed by atoms with Gasteiger partial charge in [0.2, 0.25) is 0 Å². The Labute approximate surface area is 133 Å². The molecule has 1 aliphatic heterocycles. The minimum atomic E-state index is -4.15. The van der Waals surface area contributed by atoms with Crippen molar-refractivity contribution < 1.29 is 13.2 Å². The van der Waals surface area contributed by atoms with E-state index in [1.807, 2.05) is 42.5 Å². The number of benzene rings is 2. The molecule has 2 aromatic rings. The molecule has 1 heterocycles. The van der Waals surface area contributed by atoms with Gasteiger partial charge in [-0.3, -0.25) is 0 Å². The molecule has 122 valence electrons. The zero-order valence-corrected chi connectivity index (χ0v) is 12.7. The van der Waals surface area contributed by atoms with Gasteiger partial charge in [0.05, 0.1) is 17.3 Å².